The van der Waals surface area contributed by atoms with Gasteiger partial charge in [-0.25, -0.2) is 4.79 Å². The lowest BCUT2D eigenvalue weighted by molar-refractivity contribution is -0.387. The smallest absolute Gasteiger partial charge is 0.416 e. The Morgan fingerprint density at radius 1 is 1.26 bits per heavy atom. The Labute approximate surface area is 198 Å². The molecule has 0 aliphatic carbocycles. The molecule has 1 aromatic carbocycles. The summed E-state index contributed by atoms with van der Waals surface area (Å²) in [5.74, 6) is -0.657. The third-order valence-corrected chi connectivity index (χ3v) is 6.95. The number of hydrogen-bond acceptors (Lipinski definition) is 6. The zero-order valence-corrected chi connectivity index (χ0v) is 19.6. The van der Waals surface area contributed by atoms with E-state index in [1.54, 1.807) is 0 Å². The number of unbranched alkanes of at least 4 members (excludes halogenated alkanes) is 4. The second-order valence-electron chi connectivity index (χ2n) is 8.03. The molecule has 2 heterocycles. The largest absolute Gasteiger partial charge is 0.467 e. The molecular weight excluding hydrogens is 473 g/mol. The van der Waals surface area contributed by atoms with E-state index in [-0.39, 0.29) is 33.9 Å². The number of alkyl halides is 3. The normalized spacial score (nSPS) is 15.3. The van der Waals surface area contributed by atoms with Gasteiger partial charge in [0.1, 0.15) is 6.04 Å². The number of nitro groups is 1. The number of pyridine rings is 1. The van der Waals surface area contributed by atoms with Gasteiger partial charge in [0, 0.05) is 16.9 Å². The maximum atomic E-state index is 13.4. The molecule has 0 fully saturated rings. The minimum absolute atomic E-state index is 0.0883. The van der Waals surface area contributed by atoms with Crippen LogP contribution in [0.4, 0.5) is 18.9 Å². The van der Waals surface area contributed by atoms with E-state index < -0.39 is 39.9 Å². The first-order valence-corrected chi connectivity index (χ1v) is 11.9. The SMILES string of the molecule is CCCCCCCc1c(-c2cccc(C(F)(F)F)c2)c2n(c(=O)c1[N+](=O)[O-])[C@H](C(=O)OC)CS2. The monoisotopic (exact) mass is 498 g/mol. The number of hydrogen-bond donors (Lipinski definition) is 0. The van der Waals surface area contributed by atoms with E-state index >= 15 is 0 Å². The predicted molar refractivity (Wildman–Crippen MR) is 122 cm³/mol. The molecule has 0 radical (unpaired) electrons. The molecule has 1 aromatic heterocycles. The number of carbonyl (C=O) groups is 1. The van der Waals surface area contributed by atoms with Crippen molar-refractivity contribution in [2.75, 3.05) is 12.9 Å². The van der Waals surface area contributed by atoms with Crippen LogP contribution in [-0.4, -0.2) is 28.3 Å². The molecule has 2 aromatic rings. The van der Waals surface area contributed by atoms with Crippen LogP contribution in [0.3, 0.4) is 0 Å². The molecule has 0 amide bonds. The minimum atomic E-state index is -4.61. The van der Waals surface area contributed by atoms with Crippen LogP contribution in [0.2, 0.25) is 0 Å². The molecule has 0 bridgehead atoms. The number of carbonyl (C=O) groups excluding carboxylic acids is 1. The van der Waals surface area contributed by atoms with E-state index in [2.05, 4.69) is 0 Å². The molecule has 1 aliphatic heterocycles. The van der Waals surface area contributed by atoms with E-state index in [0.29, 0.717) is 6.42 Å². The van der Waals surface area contributed by atoms with Crippen LogP contribution in [0.5, 0.6) is 0 Å². The summed E-state index contributed by atoms with van der Waals surface area (Å²) in [5.41, 5.74) is -2.13. The molecule has 3 rings (SSSR count). The third-order valence-electron chi connectivity index (χ3n) is 5.80. The second-order valence-corrected chi connectivity index (χ2v) is 9.04. The van der Waals surface area contributed by atoms with Crippen LogP contribution >= 0.6 is 11.8 Å². The zero-order chi connectivity index (χ0) is 25.0. The van der Waals surface area contributed by atoms with Crippen molar-refractivity contribution in [2.24, 2.45) is 0 Å². The van der Waals surface area contributed by atoms with Crippen molar-refractivity contribution < 1.29 is 27.6 Å². The predicted octanol–water partition coefficient (Wildman–Crippen LogP) is 5.78. The molecule has 184 valence electrons. The van der Waals surface area contributed by atoms with Crippen molar-refractivity contribution >= 4 is 23.4 Å². The highest BCUT2D eigenvalue weighted by Crippen LogP contribution is 2.45. The summed E-state index contributed by atoms with van der Waals surface area (Å²) in [6, 6.07) is 3.42. The van der Waals surface area contributed by atoms with E-state index in [1.165, 1.54) is 12.1 Å². The number of fused-ring (bicyclic) bond motifs is 1. The van der Waals surface area contributed by atoms with Crippen molar-refractivity contribution in [3.63, 3.8) is 0 Å². The molecule has 0 N–H and O–H groups in total. The number of benzene rings is 1. The minimum Gasteiger partial charge on any atom is -0.467 e. The van der Waals surface area contributed by atoms with Crippen LogP contribution in [0.1, 0.15) is 56.2 Å². The Morgan fingerprint density at radius 3 is 2.59 bits per heavy atom. The van der Waals surface area contributed by atoms with Crippen LogP contribution in [0.15, 0.2) is 34.1 Å². The molecule has 1 atom stereocenters. The molecule has 0 unspecified atom stereocenters. The average Bonchev–Trinajstić information content (AvgIpc) is 3.23. The third kappa shape index (κ3) is 5.13. The number of ether oxygens (including phenoxy) is 1. The maximum absolute atomic E-state index is 13.4. The van der Waals surface area contributed by atoms with Gasteiger partial charge < -0.3 is 4.74 Å². The standard InChI is InChI=1S/C23H25F3N2O5S/c1-3-4-5-6-7-11-16-18(14-9-8-10-15(12-14)23(24,25)26)21-27(20(29)19(16)28(31)32)17(13-34-21)22(30)33-2/h8-10,12,17H,3-7,11,13H2,1-2H3/t17-/m0/s1. The number of aromatic nitrogens is 1. The first-order chi connectivity index (χ1) is 16.1. The van der Waals surface area contributed by atoms with Crippen molar-refractivity contribution in [1.29, 1.82) is 0 Å². The van der Waals surface area contributed by atoms with Gasteiger partial charge >= 0.3 is 23.4 Å². The van der Waals surface area contributed by atoms with Crippen molar-refractivity contribution in [3.8, 4) is 11.1 Å². The zero-order valence-electron chi connectivity index (χ0n) is 18.8. The van der Waals surface area contributed by atoms with Gasteiger partial charge in [0.2, 0.25) is 0 Å². The Kier molecular flexibility index (Phi) is 8.06. The summed E-state index contributed by atoms with van der Waals surface area (Å²) in [6.07, 6.45) is -0.235. The number of methoxy groups -OCH3 is 1. The highest BCUT2D eigenvalue weighted by atomic mass is 32.2. The van der Waals surface area contributed by atoms with E-state index in [1.807, 2.05) is 6.92 Å². The average molecular weight is 499 g/mol. The van der Waals surface area contributed by atoms with Crippen LogP contribution in [0.25, 0.3) is 11.1 Å². The lowest BCUT2D eigenvalue weighted by atomic mass is 9.94. The van der Waals surface area contributed by atoms with Crippen molar-refractivity contribution in [1.82, 2.24) is 4.57 Å². The maximum Gasteiger partial charge on any atom is 0.416 e. The van der Waals surface area contributed by atoms with Crippen LogP contribution in [-0.2, 0) is 22.1 Å². The second kappa shape index (κ2) is 10.6. The molecule has 0 saturated carbocycles. The fraction of sp³-hybridized carbons (Fsp3) is 0.478. The Balaban J connectivity index is 2.28. The number of nitrogens with zero attached hydrogens (tertiary/aromatic N) is 2. The van der Waals surface area contributed by atoms with E-state index in [0.717, 1.165) is 61.3 Å². The highest BCUT2D eigenvalue weighted by molar-refractivity contribution is 7.99. The van der Waals surface area contributed by atoms with E-state index in [4.69, 9.17) is 4.74 Å². The van der Waals surface area contributed by atoms with Crippen molar-refractivity contribution in [2.45, 2.75) is 62.7 Å². The van der Waals surface area contributed by atoms with Gasteiger partial charge in [-0.05, 0) is 30.5 Å². The van der Waals surface area contributed by atoms with Crippen LogP contribution < -0.4 is 5.56 Å². The quantitative estimate of drug-likeness (QED) is 0.189. The number of halogens is 3. The summed E-state index contributed by atoms with van der Waals surface area (Å²) < 4.78 is 46.1. The molecule has 0 spiro atoms. The summed E-state index contributed by atoms with van der Waals surface area (Å²) >= 11 is 1.11. The Bertz CT molecular complexity index is 1150. The first-order valence-electron chi connectivity index (χ1n) is 11.0. The van der Waals surface area contributed by atoms with Gasteiger partial charge in [-0.2, -0.15) is 13.2 Å². The van der Waals surface area contributed by atoms with Gasteiger partial charge in [-0.15, -0.1) is 11.8 Å². The van der Waals surface area contributed by atoms with Gasteiger partial charge in [0.25, 0.3) is 0 Å². The molecule has 0 saturated heterocycles. The number of thioether (sulfide) groups is 1. The summed E-state index contributed by atoms with van der Waals surface area (Å²) in [6.45, 7) is 2.05. The van der Waals surface area contributed by atoms with Crippen LogP contribution in [0, 0.1) is 10.1 Å². The van der Waals surface area contributed by atoms with Gasteiger partial charge in [0.05, 0.1) is 22.6 Å². The van der Waals surface area contributed by atoms with Gasteiger partial charge in [0.15, 0.2) is 0 Å². The first kappa shape index (κ1) is 25.8. The van der Waals surface area contributed by atoms with Crippen molar-refractivity contribution in [3.05, 3.63) is 55.9 Å². The molecular formula is C23H25F3N2O5S. The van der Waals surface area contributed by atoms with Gasteiger partial charge in [-0.3, -0.25) is 19.5 Å². The fourth-order valence-corrected chi connectivity index (χ4v) is 5.49. The molecule has 11 heteroatoms. The Hall–Kier alpha value is -2.82. The van der Waals surface area contributed by atoms with E-state index in [9.17, 15) is 32.9 Å². The lowest BCUT2D eigenvalue weighted by Gasteiger charge is -2.18. The van der Waals surface area contributed by atoms with Gasteiger partial charge in [-0.1, -0.05) is 44.7 Å². The summed E-state index contributed by atoms with van der Waals surface area (Å²) in [7, 11) is 1.14. The summed E-state index contributed by atoms with van der Waals surface area (Å²) in [4.78, 5) is 36.7. The molecule has 1 aliphatic rings. The highest BCUT2D eigenvalue weighted by Gasteiger charge is 2.39. The summed E-state index contributed by atoms with van der Waals surface area (Å²) in [5, 5.41) is 12.3. The fourth-order valence-electron chi connectivity index (χ4n) is 4.16. The topological polar surface area (TPSA) is 91.4 Å². The molecule has 7 nitrogen and oxygen atoms in total. The Morgan fingerprint density at radius 2 is 1.97 bits per heavy atom. The number of esters is 1. The molecule has 34 heavy (non-hydrogen) atoms. The lowest BCUT2D eigenvalue weighted by Crippen LogP contribution is -2.32. The number of rotatable bonds is 9.